The highest BCUT2D eigenvalue weighted by atomic mass is 32.2. The van der Waals surface area contributed by atoms with E-state index in [1.165, 1.54) is 0 Å². The Morgan fingerprint density at radius 3 is 2.42 bits per heavy atom. The topological polar surface area (TPSA) is 40.6 Å². The zero-order valence-corrected chi connectivity index (χ0v) is 8.05. The lowest BCUT2D eigenvalue weighted by molar-refractivity contribution is 0.440. The van der Waals surface area contributed by atoms with E-state index < -0.39 is 10.2 Å². The summed E-state index contributed by atoms with van der Waals surface area (Å²) in [6.07, 6.45) is 2.10. The van der Waals surface area contributed by atoms with Gasteiger partial charge in [0.25, 0.3) is 10.2 Å². The van der Waals surface area contributed by atoms with Crippen LogP contribution in [-0.4, -0.2) is 42.7 Å². The monoisotopic (exact) mass is 190 g/mol. The van der Waals surface area contributed by atoms with Crippen molar-refractivity contribution in [2.45, 2.75) is 25.8 Å². The number of hydrogen-bond donors (Lipinski definition) is 0. The number of hydrogen-bond acceptors (Lipinski definition) is 2. The lowest BCUT2D eigenvalue weighted by Crippen LogP contribution is -2.34. The Hall–Kier alpha value is -0.130. The van der Waals surface area contributed by atoms with E-state index in [2.05, 4.69) is 0 Å². The van der Waals surface area contributed by atoms with Gasteiger partial charge in [-0.2, -0.15) is 17.0 Å². The van der Waals surface area contributed by atoms with Crippen LogP contribution in [0.1, 0.15) is 19.8 Å². The van der Waals surface area contributed by atoms with Crippen LogP contribution in [0.15, 0.2) is 0 Å². The minimum Gasteiger partial charge on any atom is -0.195 e. The molecule has 2 aliphatic rings. The summed E-state index contributed by atoms with van der Waals surface area (Å²) in [5.74, 6) is 0. The Labute approximate surface area is 73.3 Å². The van der Waals surface area contributed by atoms with Gasteiger partial charge in [-0.15, -0.1) is 0 Å². The van der Waals surface area contributed by atoms with E-state index in [-0.39, 0.29) is 0 Å². The highest BCUT2D eigenvalue weighted by molar-refractivity contribution is 7.87. The van der Waals surface area contributed by atoms with Gasteiger partial charge < -0.3 is 0 Å². The van der Waals surface area contributed by atoms with Crippen molar-refractivity contribution >= 4 is 10.2 Å². The van der Waals surface area contributed by atoms with Crippen LogP contribution in [0.4, 0.5) is 0 Å². The van der Waals surface area contributed by atoms with Crippen molar-refractivity contribution in [2.24, 2.45) is 0 Å². The molecule has 0 bridgehead atoms. The van der Waals surface area contributed by atoms with Gasteiger partial charge in [-0.25, -0.2) is 0 Å². The van der Waals surface area contributed by atoms with Gasteiger partial charge in [0.05, 0.1) is 0 Å². The zero-order valence-electron chi connectivity index (χ0n) is 7.23. The van der Waals surface area contributed by atoms with E-state index in [4.69, 9.17) is 0 Å². The quantitative estimate of drug-likeness (QED) is 0.616. The van der Waals surface area contributed by atoms with E-state index in [1.807, 2.05) is 6.92 Å². The van der Waals surface area contributed by atoms with Gasteiger partial charge in [-0.3, -0.25) is 0 Å². The average molecular weight is 190 g/mol. The third-order valence-electron chi connectivity index (χ3n) is 2.50. The highest BCUT2D eigenvalue weighted by Gasteiger charge is 2.43. The van der Waals surface area contributed by atoms with Gasteiger partial charge in [0.15, 0.2) is 0 Å². The summed E-state index contributed by atoms with van der Waals surface area (Å²) in [5, 5.41) is 0. The van der Waals surface area contributed by atoms with E-state index in [1.54, 1.807) is 8.61 Å². The zero-order chi connectivity index (χ0) is 8.77. The fourth-order valence-corrected chi connectivity index (χ4v) is 3.48. The molecule has 0 aromatic rings. The molecule has 1 saturated heterocycles. The van der Waals surface area contributed by atoms with Crippen molar-refractivity contribution in [3.63, 3.8) is 0 Å². The second kappa shape index (κ2) is 2.68. The molecule has 0 aromatic carbocycles. The maximum atomic E-state index is 11.7. The smallest absolute Gasteiger partial charge is 0.195 e. The van der Waals surface area contributed by atoms with Gasteiger partial charge in [-0.1, -0.05) is 6.92 Å². The Kier molecular flexibility index (Phi) is 1.89. The molecular weight excluding hydrogens is 176 g/mol. The third kappa shape index (κ3) is 1.16. The van der Waals surface area contributed by atoms with Crippen molar-refractivity contribution in [3.05, 3.63) is 0 Å². The standard InChI is InChI=1S/C7H14N2O2S/c1-2-8-5-6-9(7-3-4-7)12(8,10)11/h7H,2-6H2,1H3. The van der Waals surface area contributed by atoms with Gasteiger partial charge in [0.1, 0.15) is 0 Å². The van der Waals surface area contributed by atoms with Crippen molar-refractivity contribution in [1.82, 2.24) is 8.61 Å². The second-order valence-corrected chi connectivity index (χ2v) is 5.22. The summed E-state index contributed by atoms with van der Waals surface area (Å²) in [4.78, 5) is 0. The molecule has 0 atom stereocenters. The largest absolute Gasteiger partial charge is 0.282 e. The fraction of sp³-hybridized carbons (Fsp3) is 1.00. The Morgan fingerprint density at radius 1 is 1.33 bits per heavy atom. The van der Waals surface area contributed by atoms with Gasteiger partial charge >= 0.3 is 0 Å². The first-order valence-corrected chi connectivity index (χ1v) is 5.83. The minimum atomic E-state index is -3.05. The van der Waals surface area contributed by atoms with Gasteiger partial charge in [0, 0.05) is 25.7 Å². The van der Waals surface area contributed by atoms with Crippen LogP contribution < -0.4 is 0 Å². The first-order valence-electron chi connectivity index (χ1n) is 4.43. The summed E-state index contributed by atoms with van der Waals surface area (Å²) in [7, 11) is -3.05. The molecule has 1 aliphatic carbocycles. The Bertz CT molecular complexity index is 271. The molecule has 1 aliphatic heterocycles. The molecule has 0 unspecified atom stereocenters. The summed E-state index contributed by atoms with van der Waals surface area (Å²) in [5.41, 5.74) is 0. The van der Waals surface area contributed by atoms with Crippen LogP contribution in [0, 0.1) is 0 Å². The molecule has 0 spiro atoms. The average Bonchev–Trinajstić information content (AvgIpc) is 2.76. The molecule has 0 aromatic heterocycles. The van der Waals surface area contributed by atoms with Crippen molar-refractivity contribution in [3.8, 4) is 0 Å². The lowest BCUT2D eigenvalue weighted by atomic mass is 10.5. The second-order valence-electron chi connectivity index (χ2n) is 3.34. The van der Waals surface area contributed by atoms with Crippen LogP contribution in [-0.2, 0) is 10.2 Å². The fourth-order valence-electron chi connectivity index (χ4n) is 1.64. The third-order valence-corrected chi connectivity index (χ3v) is 4.67. The van der Waals surface area contributed by atoms with Crippen LogP contribution in [0.2, 0.25) is 0 Å². The lowest BCUT2D eigenvalue weighted by Gasteiger charge is -2.16. The first-order chi connectivity index (χ1) is 5.66. The Balaban J connectivity index is 2.19. The van der Waals surface area contributed by atoms with E-state index in [0.29, 0.717) is 25.7 Å². The van der Waals surface area contributed by atoms with E-state index in [0.717, 1.165) is 12.8 Å². The molecule has 1 saturated carbocycles. The van der Waals surface area contributed by atoms with Crippen LogP contribution >= 0.6 is 0 Å². The number of likely N-dealkylation sites (N-methyl/N-ethyl adjacent to an activating group) is 1. The van der Waals surface area contributed by atoms with E-state index >= 15 is 0 Å². The van der Waals surface area contributed by atoms with Crippen LogP contribution in [0.3, 0.4) is 0 Å². The van der Waals surface area contributed by atoms with Crippen molar-refractivity contribution < 1.29 is 8.42 Å². The molecule has 0 amide bonds. The Morgan fingerprint density at radius 2 is 2.00 bits per heavy atom. The number of nitrogens with zero attached hydrogens (tertiary/aromatic N) is 2. The molecule has 70 valence electrons. The SMILES string of the molecule is CCN1CCN(C2CC2)S1(=O)=O. The summed E-state index contributed by atoms with van der Waals surface area (Å²) >= 11 is 0. The van der Waals surface area contributed by atoms with Crippen molar-refractivity contribution in [1.29, 1.82) is 0 Å². The maximum absolute atomic E-state index is 11.7. The highest BCUT2D eigenvalue weighted by Crippen LogP contribution is 2.32. The minimum absolute atomic E-state index is 0.326. The summed E-state index contributed by atoms with van der Waals surface area (Å²) < 4.78 is 26.5. The van der Waals surface area contributed by atoms with Gasteiger partial charge in [0.2, 0.25) is 0 Å². The molecule has 5 heteroatoms. The molecule has 2 rings (SSSR count). The maximum Gasteiger partial charge on any atom is 0.282 e. The summed E-state index contributed by atoms with van der Waals surface area (Å²) in [6, 6.07) is 0.326. The van der Waals surface area contributed by atoms with Crippen molar-refractivity contribution in [2.75, 3.05) is 19.6 Å². The predicted molar refractivity (Wildman–Crippen MR) is 45.9 cm³/mol. The molecule has 2 fully saturated rings. The van der Waals surface area contributed by atoms with Crippen LogP contribution in [0.5, 0.6) is 0 Å². The number of rotatable bonds is 2. The first kappa shape index (κ1) is 8.47. The van der Waals surface area contributed by atoms with E-state index in [9.17, 15) is 8.42 Å². The molecule has 4 nitrogen and oxygen atoms in total. The molecular formula is C7H14N2O2S. The molecule has 12 heavy (non-hydrogen) atoms. The normalized spacial score (nSPS) is 31.1. The summed E-state index contributed by atoms with van der Waals surface area (Å²) in [6.45, 7) is 3.86. The molecule has 0 N–H and O–H groups in total. The molecule has 0 radical (unpaired) electrons. The van der Waals surface area contributed by atoms with Crippen LogP contribution in [0.25, 0.3) is 0 Å². The predicted octanol–water partition coefficient (Wildman–Crippen LogP) is 0.0311. The van der Waals surface area contributed by atoms with Gasteiger partial charge in [-0.05, 0) is 12.8 Å². The molecule has 1 heterocycles.